The zero-order valence-electron chi connectivity index (χ0n) is 10.6. The van der Waals surface area contributed by atoms with Crippen molar-refractivity contribution in [2.45, 2.75) is 33.6 Å². The first-order valence-corrected chi connectivity index (χ1v) is 6.53. The lowest BCUT2D eigenvalue weighted by Gasteiger charge is -2.26. The summed E-state index contributed by atoms with van der Waals surface area (Å²) >= 11 is 1.72. The van der Waals surface area contributed by atoms with Crippen LogP contribution in [0.3, 0.4) is 0 Å². The topological polar surface area (TPSA) is 20.3 Å². The Morgan fingerprint density at radius 2 is 2.12 bits per heavy atom. The molecule has 1 aromatic rings. The molecule has 0 saturated carbocycles. The normalized spacial score (nSPS) is 11.5. The Bertz CT molecular complexity index is 324. The number of carbonyl (C=O) groups excluding carboxylic acids is 1. The lowest BCUT2D eigenvalue weighted by molar-refractivity contribution is -0.130. The number of amides is 1. The van der Waals surface area contributed by atoms with Crippen LogP contribution in [0.15, 0.2) is 17.5 Å². The van der Waals surface area contributed by atoms with Gasteiger partial charge >= 0.3 is 0 Å². The smallest absolute Gasteiger partial charge is 0.222 e. The van der Waals surface area contributed by atoms with Gasteiger partial charge in [0.05, 0.1) is 0 Å². The van der Waals surface area contributed by atoms with Crippen LogP contribution in [0.1, 0.15) is 32.1 Å². The summed E-state index contributed by atoms with van der Waals surface area (Å²) < 4.78 is 0. The van der Waals surface area contributed by atoms with E-state index in [1.165, 1.54) is 4.88 Å². The van der Waals surface area contributed by atoms with E-state index in [1.54, 1.807) is 11.3 Å². The van der Waals surface area contributed by atoms with E-state index in [2.05, 4.69) is 32.2 Å². The van der Waals surface area contributed by atoms with Crippen LogP contribution < -0.4 is 0 Å². The minimum atomic E-state index is 0.174. The second-order valence-corrected chi connectivity index (χ2v) is 6.42. The van der Waals surface area contributed by atoms with E-state index in [1.807, 2.05) is 18.0 Å². The second-order valence-electron chi connectivity index (χ2n) is 5.39. The molecule has 1 amide bonds. The van der Waals surface area contributed by atoms with Crippen molar-refractivity contribution in [3.05, 3.63) is 22.4 Å². The maximum absolute atomic E-state index is 11.8. The fraction of sp³-hybridized carbons (Fsp3) is 0.615. The number of thiophene rings is 1. The van der Waals surface area contributed by atoms with Gasteiger partial charge in [-0.25, -0.2) is 0 Å². The Morgan fingerprint density at radius 1 is 1.44 bits per heavy atom. The van der Waals surface area contributed by atoms with Crippen LogP contribution in [-0.2, 0) is 11.2 Å². The molecule has 0 radical (unpaired) electrons. The van der Waals surface area contributed by atoms with E-state index < -0.39 is 0 Å². The SMILES string of the molecule is CN(CC(C)(C)C)C(=O)CCc1cccs1. The maximum Gasteiger partial charge on any atom is 0.222 e. The highest BCUT2D eigenvalue weighted by molar-refractivity contribution is 7.09. The summed E-state index contributed by atoms with van der Waals surface area (Å²) in [6, 6.07) is 4.12. The molecule has 0 aliphatic carbocycles. The van der Waals surface area contributed by atoms with Crippen LogP contribution in [0.4, 0.5) is 0 Å². The number of rotatable bonds is 4. The molecule has 3 heteroatoms. The van der Waals surface area contributed by atoms with Crippen LogP contribution in [0.2, 0.25) is 0 Å². The Morgan fingerprint density at radius 3 is 2.62 bits per heavy atom. The van der Waals surface area contributed by atoms with E-state index >= 15 is 0 Å². The van der Waals surface area contributed by atoms with Gasteiger partial charge in [-0.1, -0.05) is 26.8 Å². The molecule has 90 valence electrons. The summed E-state index contributed by atoms with van der Waals surface area (Å²) in [5, 5.41) is 2.05. The molecule has 1 rings (SSSR count). The van der Waals surface area contributed by atoms with Gasteiger partial charge in [-0.05, 0) is 23.3 Å². The molecule has 0 aromatic carbocycles. The van der Waals surface area contributed by atoms with E-state index in [-0.39, 0.29) is 11.3 Å². The van der Waals surface area contributed by atoms with Gasteiger partial charge in [-0.15, -0.1) is 11.3 Å². The summed E-state index contributed by atoms with van der Waals surface area (Å²) in [5.74, 6) is 0.239. The van der Waals surface area contributed by atoms with E-state index in [0.717, 1.165) is 13.0 Å². The average molecular weight is 239 g/mol. The van der Waals surface area contributed by atoms with Gasteiger partial charge in [-0.2, -0.15) is 0 Å². The third-order valence-electron chi connectivity index (χ3n) is 2.30. The molecule has 2 nitrogen and oxygen atoms in total. The average Bonchev–Trinajstić information content (AvgIpc) is 2.63. The van der Waals surface area contributed by atoms with Crippen LogP contribution >= 0.6 is 11.3 Å². The standard InChI is InChI=1S/C13H21NOS/c1-13(2,3)10-14(4)12(15)8-7-11-6-5-9-16-11/h5-6,9H,7-8,10H2,1-4H3. The summed E-state index contributed by atoms with van der Waals surface area (Å²) in [6.45, 7) is 7.26. The molecule has 0 fully saturated rings. The molecule has 1 aromatic heterocycles. The van der Waals surface area contributed by atoms with Crippen molar-refractivity contribution in [3.63, 3.8) is 0 Å². The van der Waals surface area contributed by atoms with E-state index in [9.17, 15) is 4.79 Å². The van der Waals surface area contributed by atoms with Crippen LogP contribution in [0.25, 0.3) is 0 Å². The van der Waals surface area contributed by atoms with Crippen molar-refractivity contribution in [1.29, 1.82) is 0 Å². The van der Waals surface area contributed by atoms with Gasteiger partial charge in [-0.3, -0.25) is 4.79 Å². The molecule has 0 unspecified atom stereocenters. The van der Waals surface area contributed by atoms with Gasteiger partial charge in [0.25, 0.3) is 0 Å². The summed E-state index contributed by atoms with van der Waals surface area (Å²) in [7, 11) is 1.89. The van der Waals surface area contributed by atoms with Crippen LogP contribution in [0, 0.1) is 5.41 Å². The molecule has 1 heterocycles. The maximum atomic E-state index is 11.8. The highest BCUT2D eigenvalue weighted by atomic mass is 32.1. The molecule has 0 saturated heterocycles. The van der Waals surface area contributed by atoms with E-state index in [0.29, 0.717) is 6.42 Å². The highest BCUT2D eigenvalue weighted by Crippen LogP contribution is 2.16. The van der Waals surface area contributed by atoms with Crippen molar-refractivity contribution in [2.24, 2.45) is 5.41 Å². The highest BCUT2D eigenvalue weighted by Gasteiger charge is 2.17. The Balaban J connectivity index is 2.35. The molecule has 0 atom stereocenters. The third-order valence-corrected chi connectivity index (χ3v) is 3.24. The minimum absolute atomic E-state index is 0.174. The predicted octanol–water partition coefficient (Wildman–Crippen LogP) is 3.19. The van der Waals surface area contributed by atoms with Gasteiger partial charge in [0, 0.05) is 24.9 Å². The first-order valence-electron chi connectivity index (χ1n) is 5.65. The predicted molar refractivity (Wildman–Crippen MR) is 69.7 cm³/mol. The number of hydrogen-bond donors (Lipinski definition) is 0. The molecular formula is C13H21NOS. The number of carbonyl (C=O) groups is 1. The first kappa shape index (κ1) is 13.2. The minimum Gasteiger partial charge on any atom is -0.345 e. The third kappa shape index (κ3) is 4.79. The Hall–Kier alpha value is -0.830. The molecule has 0 bridgehead atoms. The van der Waals surface area contributed by atoms with Gasteiger partial charge < -0.3 is 4.90 Å². The molecule has 0 N–H and O–H groups in total. The Kier molecular flexibility index (Phi) is 4.54. The van der Waals surface area contributed by atoms with Gasteiger partial charge in [0.1, 0.15) is 0 Å². The largest absolute Gasteiger partial charge is 0.345 e. The number of aryl methyl sites for hydroxylation is 1. The van der Waals surface area contributed by atoms with Crippen molar-refractivity contribution in [2.75, 3.05) is 13.6 Å². The summed E-state index contributed by atoms with van der Waals surface area (Å²) in [5.41, 5.74) is 0.174. The number of hydrogen-bond acceptors (Lipinski definition) is 2. The fourth-order valence-electron chi connectivity index (χ4n) is 1.68. The molecular weight excluding hydrogens is 218 g/mol. The molecule has 16 heavy (non-hydrogen) atoms. The van der Waals surface area contributed by atoms with Crippen molar-refractivity contribution < 1.29 is 4.79 Å². The lowest BCUT2D eigenvalue weighted by Crippen LogP contribution is -2.34. The van der Waals surface area contributed by atoms with Crippen molar-refractivity contribution in [1.82, 2.24) is 4.90 Å². The second kappa shape index (κ2) is 5.48. The van der Waals surface area contributed by atoms with Crippen molar-refractivity contribution >= 4 is 17.2 Å². The Labute approximate surface area is 102 Å². The monoisotopic (exact) mass is 239 g/mol. The lowest BCUT2D eigenvalue weighted by atomic mass is 9.96. The zero-order chi connectivity index (χ0) is 12.2. The van der Waals surface area contributed by atoms with Crippen LogP contribution in [-0.4, -0.2) is 24.4 Å². The van der Waals surface area contributed by atoms with Crippen molar-refractivity contribution in [3.8, 4) is 0 Å². The van der Waals surface area contributed by atoms with Gasteiger partial charge in [0.2, 0.25) is 5.91 Å². The van der Waals surface area contributed by atoms with Gasteiger partial charge in [0.15, 0.2) is 0 Å². The molecule has 0 aliphatic rings. The quantitative estimate of drug-likeness (QED) is 0.790. The number of nitrogens with zero attached hydrogens (tertiary/aromatic N) is 1. The molecule has 0 spiro atoms. The van der Waals surface area contributed by atoms with E-state index in [4.69, 9.17) is 0 Å². The zero-order valence-corrected chi connectivity index (χ0v) is 11.4. The molecule has 0 aliphatic heterocycles. The first-order chi connectivity index (χ1) is 7.38. The van der Waals surface area contributed by atoms with Crippen LogP contribution in [0.5, 0.6) is 0 Å². The summed E-state index contributed by atoms with van der Waals surface area (Å²) in [4.78, 5) is 15.0. The summed E-state index contributed by atoms with van der Waals surface area (Å²) in [6.07, 6.45) is 1.48. The fourth-order valence-corrected chi connectivity index (χ4v) is 2.38.